The first kappa shape index (κ1) is 10.7. The third kappa shape index (κ3) is 4.19. The molecule has 0 rings (SSSR count). The van der Waals surface area contributed by atoms with E-state index in [1.54, 1.807) is 0 Å². The van der Waals surface area contributed by atoms with Crippen LogP contribution in [0.25, 0.3) is 0 Å². The summed E-state index contributed by atoms with van der Waals surface area (Å²) in [4.78, 5) is 10.9. The van der Waals surface area contributed by atoms with E-state index in [-0.39, 0.29) is 11.4 Å². The lowest BCUT2D eigenvalue weighted by Gasteiger charge is -2.14. The van der Waals surface area contributed by atoms with Crippen LogP contribution < -0.4 is 5.73 Å². The van der Waals surface area contributed by atoms with Gasteiger partial charge in [0.15, 0.2) is 0 Å². The Morgan fingerprint density at radius 3 is 2.36 bits per heavy atom. The van der Waals surface area contributed by atoms with Gasteiger partial charge in [-0.2, -0.15) is 0 Å². The molecule has 0 fully saturated rings. The van der Waals surface area contributed by atoms with E-state index >= 15 is 0 Å². The number of rotatable bonds is 5. The molecule has 0 aliphatic heterocycles. The minimum Gasteiger partial charge on any atom is -0.370 e. The van der Waals surface area contributed by atoms with Gasteiger partial charge in [0.05, 0.1) is 0 Å². The maximum atomic E-state index is 10.9. The largest absolute Gasteiger partial charge is 0.370 e. The summed E-state index contributed by atoms with van der Waals surface area (Å²) >= 11 is 0. The first-order valence-electron chi connectivity index (χ1n) is 4.38. The summed E-state index contributed by atoms with van der Waals surface area (Å²) in [7, 11) is -0.849. The number of primary amides is 1. The van der Waals surface area contributed by atoms with E-state index < -0.39 is 8.80 Å². The summed E-state index contributed by atoms with van der Waals surface area (Å²) in [5.41, 5.74) is 5.49. The molecular weight excluding hydrogens is 154 g/mol. The average molecular weight is 173 g/mol. The molecule has 2 nitrogen and oxygen atoms in total. The minimum absolute atomic E-state index is 0.0832. The van der Waals surface area contributed by atoms with Gasteiger partial charge in [0, 0.05) is 14.3 Å². The van der Waals surface area contributed by atoms with Crippen LogP contribution in [0.3, 0.4) is 0 Å². The van der Waals surface area contributed by atoms with Crippen molar-refractivity contribution in [2.75, 3.05) is 0 Å². The van der Waals surface area contributed by atoms with Crippen molar-refractivity contribution >= 4 is 14.7 Å². The average Bonchev–Trinajstić information content (AvgIpc) is 1.87. The van der Waals surface area contributed by atoms with Gasteiger partial charge in [0.25, 0.3) is 0 Å². The van der Waals surface area contributed by atoms with E-state index in [2.05, 4.69) is 20.0 Å². The van der Waals surface area contributed by atoms with Gasteiger partial charge in [-0.3, -0.25) is 4.79 Å². The second-order valence-electron chi connectivity index (χ2n) is 3.40. The van der Waals surface area contributed by atoms with Crippen LogP contribution in [0.5, 0.6) is 0 Å². The first-order valence-corrected chi connectivity index (χ1v) is 7.36. The van der Waals surface area contributed by atoms with Crippen molar-refractivity contribution in [1.29, 1.82) is 0 Å². The van der Waals surface area contributed by atoms with Crippen molar-refractivity contribution < 1.29 is 4.79 Å². The summed E-state index contributed by atoms with van der Waals surface area (Å²) in [6, 6.07) is 0. The van der Waals surface area contributed by atoms with Gasteiger partial charge < -0.3 is 5.73 Å². The Hall–Kier alpha value is -0.313. The Morgan fingerprint density at radius 1 is 1.55 bits per heavy atom. The number of nitrogens with two attached hydrogens (primary N) is 1. The lowest BCUT2D eigenvalue weighted by Crippen LogP contribution is -2.27. The molecule has 3 heteroatoms. The zero-order valence-corrected chi connectivity index (χ0v) is 8.92. The van der Waals surface area contributed by atoms with Crippen LogP contribution in [0.2, 0.25) is 18.6 Å². The summed E-state index contributed by atoms with van der Waals surface area (Å²) in [6.07, 6.45) is 3.30. The van der Waals surface area contributed by atoms with Crippen LogP contribution in [0.15, 0.2) is 0 Å². The number of amides is 1. The molecule has 0 saturated carbocycles. The Kier molecular flexibility index (Phi) is 5.20. The van der Waals surface area contributed by atoms with Gasteiger partial charge in [0.1, 0.15) is 0 Å². The van der Waals surface area contributed by atoms with E-state index in [0.717, 1.165) is 19.3 Å². The van der Waals surface area contributed by atoms with Crippen molar-refractivity contribution in [3.8, 4) is 0 Å². The maximum Gasteiger partial charge on any atom is 0.217 e. The fraction of sp³-hybridized carbons (Fsp3) is 0.875. The monoisotopic (exact) mass is 173 g/mol. The van der Waals surface area contributed by atoms with Crippen molar-refractivity contribution in [1.82, 2.24) is 0 Å². The zero-order chi connectivity index (χ0) is 8.85. The van der Waals surface area contributed by atoms with Gasteiger partial charge in [-0.05, 0) is 6.42 Å². The third-order valence-electron chi connectivity index (χ3n) is 2.04. The van der Waals surface area contributed by atoms with Crippen molar-refractivity contribution in [2.45, 2.75) is 44.8 Å². The molecule has 0 aliphatic rings. The van der Waals surface area contributed by atoms with Crippen molar-refractivity contribution in [3.63, 3.8) is 0 Å². The predicted octanol–water partition coefficient (Wildman–Crippen LogP) is 1.52. The fourth-order valence-electron chi connectivity index (χ4n) is 1.23. The molecule has 0 aromatic carbocycles. The molecule has 0 aromatic rings. The molecule has 1 amide bonds. The van der Waals surface area contributed by atoms with Crippen LogP contribution in [0, 0.1) is 0 Å². The summed E-state index contributed by atoms with van der Waals surface area (Å²) in [5.74, 6) is -0.0832. The van der Waals surface area contributed by atoms with E-state index in [9.17, 15) is 4.79 Å². The van der Waals surface area contributed by atoms with Crippen LogP contribution in [-0.2, 0) is 4.79 Å². The van der Waals surface area contributed by atoms with Gasteiger partial charge in [-0.15, -0.1) is 0 Å². The highest BCUT2D eigenvalue weighted by molar-refractivity contribution is 6.61. The molecule has 0 aliphatic carbocycles. The molecule has 0 bridgehead atoms. The molecule has 1 atom stereocenters. The van der Waals surface area contributed by atoms with Crippen molar-refractivity contribution in [3.05, 3.63) is 0 Å². The lowest BCUT2D eigenvalue weighted by molar-refractivity contribution is -0.118. The number of carbonyl (C=O) groups is 1. The Bertz CT molecular complexity index is 125. The smallest absolute Gasteiger partial charge is 0.217 e. The second kappa shape index (κ2) is 5.35. The van der Waals surface area contributed by atoms with Gasteiger partial charge in [-0.25, -0.2) is 0 Å². The van der Waals surface area contributed by atoms with Crippen molar-refractivity contribution in [2.24, 2.45) is 5.73 Å². The highest BCUT2D eigenvalue weighted by atomic mass is 28.3. The Morgan fingerprint density at radius 2 is 2.09 bits per heavy atom. The van der Waals surface area contributed by atoms with E-state index in [1.165, 1.54) is 0 Å². The number of hydrogen-bond acceptors (Lipinski definition) is 1. The predicted molar refractivity (Wildman–Crippen MR) is 51.3 cm³/mol. The van der Waals surface area contributed by atoms with Crippen LogP contribution in [0.4, 0.5) is 0 Å². The van der Waals surface area contributed by atoms with Gasteiger partial charge in [0.2, 0.25) is 5.91 Å². The SMILES string of the molecule is CCCCC(C(N)=O)[SiH](C)C. The Balaban J connectivity index is 3.80. The molecule has 1 unspecified atom stereocenters. The van der Waals surface area contributed by atoms with E-state index in [4.69, 9.17) is 5.73 Å². The molecule has 66 valence electrons. The lowest BCUT2D eigenvalue weighted by atomic mass is 10.2. The highest BCUT2D eigenvalue weighted by Gasteiger charge is 2.18. The summed E-state index contributed by atoms with van der Waals surface area (Å²) in [6.45, 7) is 6.51. The first-order chi connectivity index (χ1) is 5.09. The maximum absolute atomic E-state index is 10.9. The molecule has 0 saturated heterocycles. The minimum atomic E-state index is -0.849. The number of hydrogen-bond donors (Lipinski definition) is 1. The van der Waals surface area contributed by atoms with E-state index in [1.807, 2.05) is 0 Å². The molecule has 0 heterocycles. The topological polar surface area (TPSA) is 43.1 Å². The summed E-state index contributed by atoms with van der Waals surface area (Å²) in [5, 5.41) is 0. The standard InChI is InChI=1S/C8H19NOSi/c1-4-5-6-7(8(9)10)11(2)3/h7,11H,4-6H2,1-3H3,(H2,9,10). The molecule has 2 N–H and O–H groups in total. The van der Waals surface area contributed by atoms with Crippen LogP contribution in [0.1, 0.15) is 26.2 Å². The van der Waals surface area contributed by atoms with E-state index in [0.29, 0.717) is 0 Å². The molecule has 0 spiro atoms. The summed E-state index contributed by atoms with van der Waals surface area (Å²) < 4.78 is 0. The highest BCUT2D eigenvalue weighted by Crippen LogP contribution is 2.17. The van der Waals surface area contributed by atoms with Crippen LogP contribution >= 0.6 is 0 Å². The fourth-order valence-corrected chi connectivity index (χ4v) is 2.79. The molecule has 0 radical (unpaired) electrons. The Labute approximate surface area is 70.8 Å². The number of carbonyl (C=O) groups excluding carboxylic acids is 1. The van der Waals surface area contributed by atoms with Gasteiger partial charge >= 0.3 is 0 Å². The quantitative estimate of drug-likeness (QED) is 0.629. The third-order valence-corrected chi connectivity index (χ3v) is 4.31. The zero-order valence-electron chi connectivity index (χ0n) is 7.76. The molecular formula is C8H19NOSi. The number of unbranched alkanes of at least 4 members (excludes halogenated alkanes) is 1. The van der Waals surface area contributed by atoms with Crippen LogP contribution in [-0.4, -0.2) is 14.7 Å². The van der Waals surface area contributed by atoms with Gasteiger partial charge in [-0.1, -0.05) is 32.9 Å². The molecule has 0 aromatic heterocycles. The molecule has 11 heavy (non-hydrogen) atoms. The normalized spacial score (nSPS) is 13.5. The second-order valence-corrected chi connectivity index (χ2v) is 6.69.